The molecule has 0 spiro atoms. The number of aliphatic hydroxyl groups excluding tert-OH is 1. The maximum absolute atomic E-state index is 13.7. The van der Waals surface area contributed by atoms with Gasteiger partial charge in [0, 0.05) is 46.4 Å². The predicted octanol–water partition coefficient (Wildman–Crippen LogP) is 11.5. The van der Waals surface area contributed by atoms with E-state index >= 15 is 0 Å². The van der Waals surface area contributed by atoms with Gasteiger partial charge in [0.2, 0.25) is 5.60 Å². The van der Waals surface area contributed by atoms with E-state index in [1.807, 2.05) is 52.0 Å². The summed E-state index contributed by atoms with van der Waals surface area (Å²) in [7, 11) is 1.16. The molecular weight excluding hydrogens is 829 g/mol. The number of ketones is 1. The Balaban J connectivity index is 1.23. The Morgan fingerprint density at radius 3 is 2.12 bits per heavy atom. The third-order valence-corrected chi connectivity index (χ3v) is 14.6. The number of esters is 2. The van der Waals surface area contributed by atoms with Crippen LogP contribution in [0.4, 0.5) is 0 Å². The number of carbonyl (C=O) groups is 3. The zero-order valence-electron chi connectivity index (χ0n) is 41.7. The Kier molecular flexibility index (Phi) is 16.1. The van der Waals surface area contributed by atoms with Crippen LogP contribution in [-0.4, -0.2) is 64.4 Å². The Morgan fingerprint density at radius 2 is 1.48 bits per heavy atom. The number of hydrogen-bond acceptors (Lipinski definition) is 11. The van der Waals surface area contributed by atoms with Gasteiger partial charge < -0.3 is 25.0 Å². The monoisotopic (exact) mass is 903 g/mol. The second-order valence-corrected chi connectivity index (χ2v) is 20.0. The number of nitrogens with zero attached hydrogens (tertiary/aromatic N) is 3. The number of allylic oxidation sites excluding steroid dienone is 12. The van der Waals surface area contributed by atoms with E-state index in [0.717, 1.165) is 42.9 Å². The van der Waals surface area contributed by atoms with Gasteiger partial charge in [-0.15, -0.1) is 0 Å². The van der Waals surface area contributed by atoms with Crippen molar-refractivity contribution in [2.75, 3.05) is 13.7 Å². The predicted molar refractivity (Wildman–Crippen MR) is 264 cm³/mol. The van der Waals surface area contributed by atoms with Crippen LogP contribution in [0.1, 0.15) is 153 Å². The summed E-state index contributed by atoms with van der Waals surface area (Å²) in [5.74, 6) is -0.621. The molecule has 0 unspecified atom stereocenters. The number of nitrogens with one attached hydrogen (secondary N) is 1. The molecule has 11 heteroatoms. The maximum atomic E-state index is 13.7. The third-order valence-electron chi connectivity index (χ3n) is 14.6. The quantitative estimate of drug-likeness (QED) is 0.0804. The van der Waals surface area contributed by atoms with Crippen LogP contribution in [0.15, 0.2) is 118 Å². The van der Waals surface area contributed by atoms with E-state index < -0.39 is 23.2 Å². The van der Waals surface area contributed by atoms with Crippen LogP contribution in [0.3, 0.4) is 0 Å². The Bertz CT molecular complexity index is 2410. The molecule has 356 valence electrons. The zero-order chi connectivity index (χ0) is 48.2. The molecular formula is C55H74N4O7. The average molecular weight is 903 g/mol. The van der Waals surface area contributed by atoms with Gasteiger partial charge in [-0.25, -0.2) is 19.8 Å². The summed E-state index contributed by atoms with van der Waals surface area (Å²) in [6.45, 7) is 22.9. The molecule has 11 nitrogen and oxygen atoms in total. The number of rotatable bonds is 20. The number of Topliss-reactive ketones (excluding diaryl/α,β-unsaturated/α-hetero) is 1. The summed E-state index contributed by atoms with van der Waals surface area (Å²) < 4.78 is 10.9. The van der Waals surface area contributed by atoms with E-state index in [9.17, 15) is 24.6 Å². The molecule has 5 heterocycles. The van der Waals surface area contributed by atoms with Crippen molar-refractivity contribution in [3.05, 3.63) is 103 Å². The minimum Gasteiger partial charge on any atom is -0.507 e. The van der Waals surface area contributed by atoms with Crippen LogP contribution in [0.5, 0.6) is 0 Å². The van der Waals surface area contributed by atoms with Crippen LogP contribution >= 0.6 is 0 Å². The summed E-state index contributed by atoms with van der Waals surface area (Å²) in [5.41, 5.74) is 6.99. The van der Waals surface area contributed by atoms with Crippen molar-refractivity contribution >= 4 is 34.9 Å². The lowest BCUT2D eigenvalue weighted by Crippen LogP contribution is -2.44. The topological polar surface area (TPSA) is 159 Å². The maximum Gasteiger partial charge on any atom is 0.350 e. The fourth-order valence-corrected chi connectivity index (χ4v) is 10.4. The fourth-order valence-electron chi connectivity index (χ4n) is 10.4. The lowest BCUT2D eigenvalue weighted by molar-refractivity contribution is -0.156. The normalized spacial score (nSPS) is 23.6. The first-order valence-corrected chi connectivity index (χ1v) is 24.5. The number of ether oxygens (including phenoxy) is 2. The summed E-state index contributed by atoms with van der Waals surface area (Å²) >= 11 is 0. The molecule has 0 amide bonds. The van der Waals surface area contributed by atoms with Crippen LogP contribution < -0.4 is 5.32 Å². The van der Waals surface area contributed by atoms with Gasteiger partial charge in [0.05, 0.1) is 41.3 Å². The standard InChI is InChI=1S/C55H74N4O7/c1-13-39-34(7)41-29-46-48(38(11)60)36(9)43(57-46)27-42-35(8)40(23-24-47(61)66-26-25-33(6)22-16-21-32(5)20-15-19-31(4)18-14-17-30(2)3)51(58-42)50-52-49(53(62)55(50,64)54(63)65-12)37(10)44(59-52)28-45(39)56-41/h25,27-32,35,40,58,62,64H,13-24,26H2,1-12H3/b33-25+,42-27?,45-28?,46-29?,51-50?/t31-,32-,35+,40+,55+/m1/s1. The smallest absolute Gasteiger partial charge is 0.350 e. The summed E-state index contributed by atoms with van der Waals surface area (Å²) in [4.78, 5) is 55.4. The van der Waals surface area contributed by atoms with E-state index in [0.29, 0.717) is 69.0 Å². The summed E-state index contributed by atoms with van der Waals surface area (Å²) in [6.07, 6.45) is 19.7. The van der Waals surface area contributed by atoms with Crippen molar-refractivity contribution in [1.29, 1.82) is 0 Å². The van der Waals surface area contributed by atoms with Gasteiger partial charge in [0.1, 0.15) is 6.61 Å². The van der Waals surface area contributed by atoms with Crippen molar-refractivity contribution in [3.63, 3.8) is 0 Å². The lowest BCUT2D eigenvalue weighted by Gasteiger charge is -2.26. The molecule has 66 heavy (non-hydrogen) atoms. The van der Waals surface area contributed by atoms with Crippen molar-refractivity contribution in [3.8, 4) is 0 Å². The van der Waals surface area contributed by atoms with Gasteiger partial charge in [-0.1, -0.05) is 92.1 Å². The highest BCUT2D eigenvalue weighted by atomic mass is 16.5. The molecule has 0 aromatic carbocycles. The van der Waals surface area contributed by atoms with Gasteiger partial charge in [-0.05, 0) is 125 Å². The first kappa shape index (κ1) is 50.3. The molecule has 5 atom stereocenters. The highest BCUT2D eigenvalue weighted by molar-refractivity contribution is 6.27. The number of fused-ring (bicyclic) bond motifs is 5. The minimum atomic E-state index is -2.59. The van der Waals surface area contributed by atoms with Gasteiger partial charge in [0.25, 0.3) is 0 Å². The molecule has 8 bridgehead atoms. The first-order chi connectivity index (χ1) is 31.3. The molecule has 3 N–H and O–H groups in total. The van der Waals surface area contributed by atoms with Crippen LogP contribution in [-0.2, 0) is 23.9 Å². The molecule has 0 aromatic rings. The van der Waals surface area contributed by atoms with E-state index in [-0.39, 0.29) is 54.0 Å². The second kappa shape index (κ2) is 21.2. The van der Waals surface area contributed by atoms with Gasteiger partial charge in [-0.3, -0.25) is 9.59 Å². The van der Waals surface area contributed by atoms with Crippen molar-refractivity contribution in [2.45, 2.75) is 159 Å². The molecule has 1 aliphatic carbocycles. The Morgan fingerprint density at radius 1 is 0.848 bits per heavy atom. The fraction of sp³-hybridized carbons (Fsp3) is 0.564. The largest absolute Gasteiger partial charge is 0.507 e. The van der Waals surface area contributed by atoms with Crippen molar-refractivity contribution in [1.82, 2.24) is 5.32 Å². The molecule has 6 aliphatic rings. The SMILES string of the molecule is CCC1=C(C)C2=NC1=CC1=C(C)C3=C(O)[C@](O)(C(=O)OC)C(=C4NC(=CC5=NC(=C2)C(C(C)=O)=C5C)[C@@H](C)[C@@H]4CCC(=O)OC/C=C(\C)CCC[C@H](C)CCC[C@H](C)CCCC(C)C)C3=N1. The van der Waals surface area contributed by atoms with E-state index in [2.05, 4.69) is 39.9 Å². The molecule has 1 saturated heterocycles. The second-order valence-electron chi connectivity index (χ2n) is 20.0. The number of aliphatic imine (C=N–C) groups is 3. The molecule has 0 aromatic heterocycles. The minimum absolute atomic E-state index is 0.0539. The lowest BCUT2D eigenvalue weighted by atomic mass is 9.83. The van der Waals surface area contributed by atoms with Gasteiger partial charge in [-0.2, -0.15) is 0 Å². The van der Waals surface area contributed by atoms with E-state index in [4.69, 9.17) is 24.5 Å². The third kappa shape index (κ3) is 10.4. The molecule has 6 rings (SSSR count). The highest BCUT2D eigenvalue weighted by Gasteiger charge is 2.59. The van der Waals surface area contributed by atoms with Crippen LogP contribution in [0.25, 0.3) is 0 Å². The van der Waals surface area contributed by atoms with Crippen molar-refractivity contribution in [2.24, 2.45) is 44.6 Å². The van der Waals surface area contributed by atoms with E-state index in [1.54, 1.807) is 6.92 Å². The van der Waals surface area contributed by atoms with Crippen LogP contribution in [0, 0.1) is 29.6 Å². The zero-order valence-corrected chi connectivity index (χ0v) is 41.7. The van der Waals surface area contributed by atoms with Crippen molar-refractivity contribution < 1.29 is 34.1 Å². The van der Waals surface area contributed by atoms with Gasteiger partial charge in [0.15, 0.2) is 11.5 Å². The van der Waals surface area contributed by atoms with E-state index in [1.165, 1.54) is 57.4 Å². The summed E-state index contributed by atoms with van der Waals surface area (Å²) in [5, 5.41) is 27.8. The Labute approximate surface area is 393 Å². The number of carbonyl (C=O) groups excluding carboxylic acids is 3. The van der Waals surface area contributed by atoms with Gasteiger partial charge >= 0.3 is 11.9 Å². The molecule has 0 saturated carbocycles. The number of hydrogen-bond donors (Lipinski definition) is 3. The highest BCUT2D eigenvalue weighted by Crippen LogP contribution is 2.51. The molecule has 1 fully saturated rings. The van der Waals surface area contributed by atoms with Crippen LogP contribution in [0.2, 0.25) is 0 Å². The molecule has 0 radical (unpaired) electrons. The summed E-state index contributed by atoms with van der Waals surface area (Å²) in [6, 6.07) is 0. The number of methoxy groups -OCH3 is 1. The molecule has 5 aliphatic heterocycles. The first-order valence-electron chi connectivity index (χ1n) is 24.5. The Hall–Kier alpha value is -5.16. The average Bonchev–Trinajstić information content (AvgIpc) is 3.99. The number of aliphatic hydroxyl groups is 2.